The number of oxazole rings is 1. The molecule has 1 aliphatic rings. The molecule has 1 atom stereocenters. The monoisotopic (exact) mass is 333 g/mol. The van der Waals surface area contributed by atoms with Crippen LogP contribution in [0.25, 0.3) is 11.1 Å². The Hall–Kier alpha value is -2.28. The fraction of sp³-hybridized carbons (Fsp3) is 0.529. The van der Waals surface area contributed by atoms with E-state index in [1.165, 1.54) is 4.57 Å². The summed E-state index contributed by atoms with van der Waals surface area (Å²) in [7, 11) is 0. The van der Waals surface area contributed by atoms with Crippen LogP contribution in [0.5, 0.6) is 0 Å². The molecule has 1 aromatic carbocycles. The Balaban J connectivity index is 1.63. The lowest BCUT2D eigenvalue weighted by molar-refractivity contribution is 0.00983. The lowest BCUT2D eigenvalue weighted by Gasteiger charge is -2.33. The van der Waals surface area contributed by atoms with Crippen LogP contribution in [0.3, 0.4) is 0 Å². The molecule has 2 aromatic rings. The van der Waals surface area contributed by atoms with E-state index in [0.29, 0.717) is 30.7 Å². The Morgan fingerprint density at radius 3 is 2.92 bits per heavy atom. The third-order valence-electron chi connectivity index (χ3n) is 4.51. The largest absolute Gasteiger partial charge is 0.420 e. The maximum absolute atomic E-state index is 12.4. The molecule has 1 aromatic heterocycles. The van der Waals surface area contributed by atoms with Gasteiger partial charge < -0.3 is 19.7 Å². The summed E-state index contributed by atoms with van der Waals surface area (Å²) in [5.41, 5.74) is 0.327. The van der Waals surface area contributed by atoms with Gasteiger partial charge >= 0.3 is 11.8 Å². The topological polar surface area (TPSA) is 87.7 Å². The fourth-order valence-corrected chi connectivity index (χ4v) is 3.35. The normalized spacial score (nSPS) is 18.3. The van der Waals surface area contributed by atoms with E-state index in [0.717, 1.165) is 12.8 Å². The summed E-state index contributed by atoms with van der Waals surface area (Å²) < 4.78 is 6.68. The summed E-state index contributed by atoms with van der Waals surface area (Å²) in [4.78, 5) is 25.9. The first-order valence-corrected chi connectivity index (χ1v) is 8.23. The molecular formula is C17H23N3O4. The minimum absolute atomic E-state index is 0.185. The van der Waals surface area contributed by atoms with Crippen molar-refractivity contribution in [2.75, 3.05) is 13.1 Å². The lowest BCUT2D eigenvalue weighted by Crippen LogP contribution is -2.51. The van der Waals surface area contributed by atoms with E-state index in [4.69, 9.17) is 4.42 Å². The van der Waals surface area contributed by atoms with Crippen molar-refractivity contribution in [2.45, 2.75) is 44.9 Å². The smallest absolute Gasteiger partial charge is 0.408 e. The predicted octanol–water partition coefficient (Wildman–Crippen LogP) is 1.54. The minimum Gasteiger partial charge on any atom is -0.408 e. The first-order valence-electron chi connectivity index (χ1n) is 8.23. The first kappa shape index (κ1) is 16.6. The number of nitrogens with one attached hydrogen (secondary N) is 1. The molecular weight excluding hydrogens is 310 g/mol. The summed E-state index contributed by atoms with van der Waals surface area (Å²) in [6, 6.07) is 6.80. The number of likely N-dealkylation sites (tertiary alicyclic amines) is 1. The summed E-state index contributed by atoms with van der Waals surface area (Å²) >= 11 is 0. The standard InChI is InChI=1S/C17H23N3O4/c1-17(2,23)14-8-5-10-20(14)15(21)18-9-11-19-12-6-3-4-7-13(12)24-16(19)22/h3-4,6-7,14,23H,5,8-11H2,1-2H3,(H,18,21)/t14-/m1/s1. The quantitative estimate of drug-likeness (QED) is 0.888. The van der Waals surface area contributed by atoms with Crippen molar-refractivity contribution >= 4 is 17.1 Å². The van der Waals surface area contributed by atoms with Crippen LogP contribution in [0.2, 0.25) is 0 Å². The van der Waals surface area contributed by atoms with Crippen molar-refractivity contribution in [3.8, 4) is 0 Å². The van der Waals surface area contributed by atoms with Crippen LogP contribution in [-0.4, -0.2) is 45.3 Å². The summed E-state index contributed by atoms with van der Waals surface area (Å²) in [6.07, 6.45) is 1.68. The van der Waals surface area contributed by atoms with Crippen molar-refractivity contribution < 1.29 is 14.3 Å². The van der Waals surface area contributed by atoms with Gasteiger partial charge in [-0.3, -0.25) is 4.57 Å². The zero-order chi connectivity index (χ0) is 17.3. The molecule has 0 bridgehead atoms. The number of benzene rings is 1. The maximum Gasteiger partial charge on any atom is 0.420 e. The second-order valence-corrected chi connectivity index (χ2v) is 6.72. The van der Waals surface area contributed by atoms with E-state index >= 15 is 0 Å². The number of carbonyl (C=O) groups is 1. The molecule has 0 spiro atoms. The van der Waals surface area contributed by atoms with Gasteiger partial charge in [-0.25, -0.2) is 9.59 Å². The number of aromatic nitrogens is 1. The average molecular weight is 333 g/mol. The lowest BCUT2D eigenvalue weighted by atomic mass is 9.97. The molecule has 0 unspecified atom stereocenters. The molecule has 7 heteroatoms. The molecule has 2 amide bonds. The highest BCUT2D eigenvalue weighted by Crippen LogP contribution is 2.26. The number of rotatable bonds is 4. The Labute approximate surface area is 139 Å². The Bertz CT molecular complexity index is 787. The van der Waals surface area contributed by atoms with Crippen molar-refractivity contribution in [2.24, 2.45) is 0 Å². The van der Waals surface area contributed by atoms with Gasteiger partial charge in [-0.05, 0) is 38.8 Å². The van der Waals surface area contributed by atoms with Crippen molar-refractivity contribution in [1.82, 2.24) is 14.8 Å². The van der Waals surface area contributed by atoms with E-state index in [-0.39, 0.29) is 12.1 Å². The van der Waals surface area contributed by atoms with Gasteiger partial charge in [-0.1, -0.05) is 12.1 Å². The van der Waals surface area contributed by atoms with Crippen LogP contribution in [0, 0.1) is 0 Å². The molecule has 130 valence electrons. The molecule has 1 saturated heterocycles. The number of amides is 2. The summed E-state index contributed by atoms with van der Waals surface area (Å²) in [6.45, 7) is 4.73. The van der Waals surface area contributed by atoms with Crippen molar-refractivity contribution in [3.63, 3.8) is 0 Å². The van der Waals surface area contributed by atoms with Crippen LogP contribution in [0.4, 0.5) is 4.79 Å². The molecule has 1 aliphatic heterocycles. The first-order chi connectivity index (χ1) is 11.4. The number of fused-ring (bicyclic) bond motifs is 1. The SMILES string of the molecule is CC(C)(O)[C@H]1CCCN1C(=O)NCCn1c(=O)oc2ccccc21. The zero-order valence-corrected chi connectivity index (χ0v) is 14.0. The second-order valence-electron chi connectivity index (χ2n) is 6.72. The highest BCUT2D eigenvalue weighted by atomic mass is 16.4. The molecule has 0 saturated carbocycles. The highest BCUT2D eigenvalue weighted by molar-refractivity contribution is 5.75. The number of carbonyl (C=O) groups excluding carboxylic acids is 1. The maximum atomic E-state index is 12.4. The fourth-order valence-electron chi connectivity index (χ4n) is 3.35. The average Bonchev–Trinajstić information content (AvgIpc) is 3.12. The number of hydrogen-bond donors (Lipinski definition) is 2. The zero-order valence-electron chi connectivity index (χ0n) is 14.0. The van der Waals surface area contributed by atoms with Crippen LogP contribution in [-0.2, 0) is 6.54 Å². The van der Waals surface area contributed by atoms with Gasteiger partial charge in [-0.2, -0.15) is 0 Å². The van der Waals surface area contributed by atoms with Crippen molar-refractivity contribution in [3.05, 3.63) is 34.8 Å². The number of nitrogens with zero attached hydrogens (tertiary/aromatic N) is 2. The third kappa shape index (κ3) is 3.17. The van der Waals surface area contributed by atoms with Crippen LogP contribution in [0.1, 0.15) is 26.7 Å². The summed E-state index contributed by atoms with van der Waals surface area (Å²) in [5, 5.41) is 13.0. The number of para-hydroxylation sites is 2. The molecule has 2 heterocycles. The molecule has 1 fully saturated rings. The molecule has 0 aliphatic carbocycles. The van der Waals surface area contributed by atoms with E-state index in [1.807, 2.05) is 18.2 Å². The Morgan fingerprint density at radius 2 is 2.17 bits per heavy atom. The molecule has 3 rings (SSSR count). The van der Waals surface area contributed by atoms with E-state index in [9.17, 15) is 14.7 Å². The molecule has 7 nitrogen and oxygen atoms in total. The van der Waals surface area contributed by atoms with Gasteiger partial charge in [0.2, 0.25) is 0 Å². The van der Waals surface area contributed by atoms with Crippen LogP contribution in [0.15, 0.2) is 33.5 Å². The third-order valence-corrected chi connectivity index (χ3v) is 4.51. The summed E-state index contributed by atoms with van der Waals surface area (Å²) in [5.74, 6) is -0.430. The van der Waals surface area contributed by atoms with Crippen LogP contribution < -0.4 is 11.1 Å². The van der Waals surface area contributed by atoms with Gasteiger partial charge in [0.1, 0.15) is 0 Å². The number of aliphatic hydroxyl groups is 1. The molecule has 2 N–H and O–H groups in total. The molecule has 0 radical (unpaired) electrons. The Morgan fingerprint density at radius 1 is 1.42 bits per heavy atom. The number of urea groups is 1. The van der Waals surface area contributed by atoms with Gasteiger partial charge in [0.25, 0.3) is 0 Å². The Kier molecular flexibility index (Phi) is 4.36. The highest BCUT2D eigenvalue weighted by Gasteiger charge is 2.38. The van der Waals surface area contributed by atoms with E-state index in [2.05, 4.69) is 5.32 Å². The predicted molar refractivity (Wildman–Crippen MR) is 89.9 cm³/mol. The number of hydrogen-bond acceptors (Lipinski definition) is 4. The van der Waals surface area contributed by atoms with Gasteiger partial charge in [0, 0.05) is 19.6 Å². The van der Waals surface area contributed by atoms with Crippen molar-refractivity contribution in [1.29, 1.82) is 0 Å². The van der Waals surface area contributed by atoms with E-state index < -0.39 is 11.4 Å². The second kappa shape index (κ2) is 6.32. The minimum atomic E-state index is -0.925. The van der Waals surface area contributed by atoms with Gasteiger partial charge in [0.05, 0.1) is 17.2 Å². The van der Waals surface area contributed by atoms with Crippen LogP contribution >= 0.6 is 0 Å². The van der Waals surface area contributed by atoms with Gasteiger partial charge in [-0.15, -0.1) is 0 Å². The van der Waals surface area contributed by atoms with Gasteiger partial charge in [0.15, 0.2) is 5.58 Å². The van der Waals surface area contributed by atoms with E-state index in [1.54, 1.807) is 24.8 Å². The molecule has 24 heavy (non-hydrogen) atoms.